The average molecular weight is 278 g/mol. The van der Waals surface area contributed by atoms with Crippen molar-refractivity contribution in [2.45, 2.75) is 25.4 Å². The normalized spacial score (nSPS) is 16.0. The summed E-state index contributed by atoms with van der Waals surface area (Å²) in [6, 6.07) is 3.37. The number of rotatable bonds is 7. The number of primary amides is 1. The summed E-state index contributed by atoms with van der Waals surface area (Å²) in [5.74, 6) is 0.0772. The molecule has 1 aliphatic heterocycles. The number of piperidine rings is 1. The summed E-state index contributed by atoms with van der Waals surface area (Å²) in [7, 11) is 0. The van der Waals surface area contributed by atoms with Gasteiger partial charge in [-0.3, -0.25) is 4.79 Å². The number of hydrogen-bond acceptors (Lipinski definition) is 5. The Kier molecular flexibility index (Phi) is 5.76. The summed E-state index contributed by atoms with van der Waals surface area (Å²) < 4.78 is 5.81. The molecule has 1 saturated heterocycles. The molecule has 0 unspecified atom stereocenters. The maximum absolute atomic E-state index is 11.2. The summed E-state index contributed by atoms with van der Waals surface area (Å²) in [5.41, 5.74) is 5.72. The third kappa shape index (κ3) is 4.47. The zero-order chi connectivity index (χ0) is 14.2. The van der Waals surface area contributed by atoms with Crippen molar-refractivity contribution in [3.05, 3.63) is 23.9 Å². The average Bonchev–Trinajstić information content (AvgIpc) is 2.48. The number of carbonyl (C=O) groups is 1. The SMILES string of the molecule is NC(=O)c1cccnc1NCCCOC1CCNCC1. The number of pyridine rings is 1. The van der Waals surface area contributed by atoms with E-state index in [1.54, 1.807) is 18.3 Å². The molecular weight excluding hydrogens is 256 g/mol. The van der Waals surface area contributed by atoms with Gasteiger partial charge in [-0.05, 0) is 44.5 Å². The molecule has 6 heteroatoms. The number of nitrogens with one attached hydrogen (secondary N) is 2. The van der Waals surface area contributed by atoms with Crippen LogP contribution in [0.3, 0.4) is 0 Å². The lowest BCUT2D eigenvalue weighted by molar-refractivity contribution is 0.0329. The highest BCUT2D eigenvalue weighted by Crippen LogP contribution is 2.11. The summed E-state index contributed by atoms with van der Waals surface area (Å²) >= 11 is 0. The van der Waals surface area contributed by atoms with Crippen LogP contribution in [0.15, 0.2) is 18.3 Å². The van der Waals surface area contributed by atoms with Gasteiger partial charge in [-0.2, -0.15) is 0 Å². The van der Waals surface area contributed by atoms with Crippen LogP contribution in [0.25, 0.3) is 0 Å². The molecule has 1 aromatic rings. The minimum absolute atomic E-state index is 0.382. The Morgan fingerprint density at radius 1 is 1.50 bits per heavy atom. The monoisotopic (exact) mass is 278 g/mol. The van der Waals surface area contributed by atoms with Gasteiger partial charge in [0.25, 0.3) is 5.91 Å². The maximum atomic E-state index is 11.2. The third-order valence-electron chi connectivity index (χ3n) is 3.33. The Hall–Kier alpha value is -1.66. The molecule has 110 valence electrons. The lowest BCUT2D eigenvalue weighted by atomic mass is 10.1. The van der Waals surface area contributed by atoms with Gasteiger partial charge in [-0.1, -0.05) is 0 Å². The Balaban J connectivity index is 1.67. The predicted molar refractivity (Wildman–Crippen MR) is 77.7 cm³/mol. The molecule has 1 aliphatic rings. The Morgan fingerprint density at radius 3 is 3.05 bits per heavy atom. The van der Waals surface area contributed by atoms with Crippen LogP contribution in [0.1, 0.15) is 29.6 Å². The van der Waals surface area contributed by atoms with Crippen LogP contribution in [-0.4, -0.2) is 43.2 Å². The highest BCUT2D eigenvalue weighted by atomic mass is 16.5. The largest absolute Gasteiger partial charge is 0.378 e. The van der Waals surface area contributed by atoms with Crippen molar-refractivity contribution in [1.29, 1.82) is 0 Å². The Morgan fingerprint density at radius 2 is 2.30 bits per heavy atom. The first kappa shape index (κ1) is 14.7. The first-order valence-electron chi connectivity index (χ1n) is 7.08. The summed E-state index contributed by atoms with van der Waals surface area (Å²) in [6.45, 7) is 3.51. The highest BCUT2D eigenvalue weighted by Gasteiger charge is 2.12. The number of amides is 1. The number of carbonyl (C=O) groups excluding carboxylic acids is 1. The molecule has 1 aromatic heterocycles. The van der Waals surface area contributed by atoms with E-state index in [0.29, 0.717) is 24.0 Å². The fourth-order valence-corrected chi connectivity index (χ4v) is 2.24. The van der Waals surface area contributed by atoms with Crippen molar-refractivity contribution in [2.24, 2.45) is 5.73 Å². The number of nitrogens with two attached hydrogens (primary N) is 1. The predicted octanol–water partition coefficient (Wildman–Crippen LogP) is 0.751. The third-order valence-corrected chi connectivity index (χ3v) is 3.33. The van der Waals surface area contributed by atoms with E-state index in [-0.39, 0.29) is 0 Å². The van der Waals surface area contributed by atoms with E-state index in [1.807, 2.05) is 0 Å². The first-order chi connectivity index (χ1) is 9.77. The second-order valence-electron chi connectivity index (χ2n) is 4.86. The molecule has 0 atom stereocenters. The quantitative estimate of drug-likeness (QED) is 0.640. The van der Waals surface area contributed by atoms with E-state index < -0.39 is 5.91 Å². The molecule has 0 aromatic carbocycles. The van der Waals surface area contributed by atoms with E-state index in [9.17, 15) is 4.79 Å². The lowest BCUT2D eigenvalue weighted by Crippen LogP contribution is -2.32. The first-order valence-corrected chi connectivity index (χ1v) is 7.08. The molecule has 2 rings (SSSR count). The number of anilines is 1. The molecule has 1 amide bonds. The van der Waals surface area contributed by atoms with Crippen molar-refractivity contribution >= 4 is 11.7 Å². The van der Waals surface area contributed by atoms with Gasteiger partial charge in [-0.25, -0.2) is 4.98 Å². The summed E-state index contributed by atoms with van der Waals surface area (Å²) in [5, 5.41) is 6.44. The second-order valence-corrected chi connectivity index (χ2v) is 4.86. The summed E-state index contributed by atoms with van der Waals surface area (Å²) in [6.07, 6.45) is 5.06. The molecule has 6 nitrogen and oxygen atoms in total. The number of aromatic nitrogens is 1. The van der Waals surface area contributed by atoms with Crippen LogP contribution in [0.5, 0.6) is 0 Å². The number of nitrogens with zero attached hydrogens (tertiary/aromatic N) is 1. The van der Waals surface area contributed by atoms with Crippen LogP contribution in [-0.2, 0) is 4.74 Å². The van der Waals surface area contributed by atoms with Crippen LogP contribution in [0.4, 0.5) is 5.82 Å². The van der Waals surface area contributed by atoms with Gasteiger partial charge in [0.15, 0.2) is 0 Å². The standard InChI is InChI=1S/C14H22N4O2/c15-13(19)12-3-1-6-17-14(12)18-7-2-10-20-11-4-8-16-9-5-11/h1,3,6,11,16H,2,4-5,7-10H2,(H2,15,19)(H,17,18). The molecule has 0 radical (unpaired) electrons. The topological polar surface area (TPSA) is 89.3 Å². The van der Waals surface area contributed by atoms with Gasteiger partial charge in [0, 0.05) is 19.3 Å². The lowest BCUT2D eigenvalue weighted by Gasteiger charge is -2.22. The van der Waals surface area contributed by atoms with Crippen molar-refractivity contribution < 1.29 is 9.53 Å². The van der Waals surface area contributed by atoms with Crippen LogP contribution >= 0.6 is 0 Å². The van der Waals surface area contributed by atoms with Crippen molar-refractivity contribution in [1.82, 2.24) is 10.3 Å². The van der Waals surface area contributed by atoms with Crippen LogP contribution < -0.4 is 16.4 Å². The Bertz CT molecular complexity index is 433. The minimum atomic E-state index is -0.466. The molecule has 0 saturated carbocycles. The number of ether oxygens (including phenoxy) is 1. The van der Waals surface area contributed by atoms with E-state index in [0.717, 1.165) is 39.0 Å². The fraction of sp³-hybridized carbons (Fsp3) is 0.571. The smallest absolute Gasteiger partial charge is 0.252 e. The van der Waals surface area contributed by atoms with Gasteiger partial charge in [-0.15, -0.1) is 0 Å². The second kappa shape index (κ2) is 7.81. The van der Waals surface area contributed by atoms with Crippen molar-refractivity contribution in [3.8, 4) is 0 Å². The van der Waals surface area contributed by atoms with Gasteiger partial charge in [0.05, 0.1) is 11.7 Å². The van der Waals surface area contributed by atoms with E-state index in [2.05, 4.69) is 15.6 Å². The van der Waals surface area contributed by atoms with E-state index in [4.69, 9.17) is 10.5 Å². The van der Waals surface area contributed by atoms with Crippen LogP contribution in [0.2, 0.25) is 0 Å². The van der Waals surface area contributed by atoms with Gasteiger partial charge >= 0.3 is 0 Å². The zero-order valence-corrected chi connectivity index (χ0v) is 11.6. The summed E-state index contributed by atoms with van der Waals surface area (Å²) in [4.78, 5) is 15.4. The molecule has 0 aliphatic carbocycles. The molecule has 2 heterocycles. The molecular formula is C14H22N4O2. The van der Waals surface area contributed by atoms with Crippen LogP contribution in [0, 0.1) is 0 Å². The van der Waals surface area contributed by atoms with E-state index >= 15 is 0 Å². The fourth-order valence-electron chi connectivity index (χ4n) is 2.24. The number of hydrogen-bond donors (Lipinski definition) is 3. The van der Waals surface area contributed by atoms with Gasteiger partial charge < -0.3 is 21.1 Å². The van der Waals surface area contributed by atoms with Crippen molar-refractivity contribution in [3.63, 3.8) is 0 Å². The molecule has 20 heavy (non-hydrogen) atoms. The molecule has 4 N–H and O–H groups in total. The zero-order valence-electron chi connectivity index (χ0n) is 11.6. The highest BCUT2D eigenvalue weighted by molar-refractivity contribution is 5.97. The molecule has 0 spiro atoms. The molecule has 1 fully saturated rings. The maximum Gasteiger partial charge on any atom is 0.252 e. The van der Waals surface area contributed by atoms with Crippen molar-refractivity contribution in [2.75, 3.05) is 31.6 Å². The Labute approximate surface area is 119 Å². The molecule has 0 bridgehead atoms. The van der Waals surface area contributed by atoms with Gasteiger partial charge in [0.2, 0.25) is 0 Å². The van der Waals surface area contributed by atoms with Gasteiger partial charge in [0.1, 0.15) is 5.82 Å². The minimum Gasteiger partial charge on any atom is -0.378 e. The van der Waals surface area contributed by atoms with E-state index in [1.165, 1.54) is 0 Å².